The molecule has 0 radical (unpaired) electrons. The van der Waals surface area contributed by atoms with Crippen LogP contribution in [0.4, 0.5) is 0 Å². The maximum atomic E-state index is 13.2. The first-order valence-corrected chi connectivity index (χ1v) is 14.6. The molecule has 7 heteroatoms. The van der Waals surface area contributed by atoms with Crippen molar-refractivity contribution in [2.24, 2.45) is 0 Å². The van der Waals surface area contributed by atoms with Gasteiger partial charge in [-0.3, -0.25) is 0 Å². The zero-order valence-corrected chi connectivity index (χ0v) is 20.3. The summed E-state index contributed by atoms with van der Waals surface area (Å²) >= 11 is 0. The van der Waals surface area contributed by atoms with Gasteiger partial charge >= 0.3 is 5.97 Å². The standard InChI is InChI=1S/C23H31NO4SSi/c1-6-30(7-2,8-3)21-14-11-18-15-24(16-20(18)22(21)23(25)28-5)29(26,27)19-12-9-17(4)10-13-19/h9-14H,6-8,15-16H2,1-5H3. The van der Waals surface area contributed by atoms with Crippen LogP contribution in [0.15, 0.2) is 41.3 Å². The summed E-state index contributed by atoms with van der Waals surface area (Å²) in [4.78, 5) is 13.2. The topological polar surface area (TPSA) is 63.7 Å². The number of esters is 1. The summed E-state index contributed by atoms with van der Waals surface area (Å²) in [6, 6.07) is 14.1. The Morgan fingerprint density at radius 1 is 1.00 bits per heavy atom. The molecule has 2 aromatic carbocycles. The van der Waals surface area contributed by atoms with Crippen molar-refractivity contribution in [3.8, 4) is 0 Å². The minimum absolute atomic E-state index is 0.200. The highest BCUT2D eigenvalue weighted by atomic mass is 32.2. The Morgan fingerprint density at radius 2 is 1.60 bits per heavy atom. The van der Waals surface area contributed by atoms with Gasteiger partial charge < -0.3 is 4.74 Å². The number of ether oxygens (including phenoxy) is 1. The van der Waals surface area contributed by atoms with Gasteiger partial charge in [-0.2, -0.15) is 4.31 Å². The fraction of sp³-hybridized carbons (Fsp3) is 0.435. The first kappa shape index (κ1) is 22.7. The highest BCUT2D eigenvalue weighted by Gasteiger charge is 2.39. The van der Waals surface area contributed by atoms with Crippen molar-refractivity contribution < 1.29 is 17.9 Å². The van der Waals surface area contributed by atoms with Gasteiger partial charge in [0.15, 0.2) is 0 Å². The van der Waals surface area contributed by atoms with Crippen molar-refractivity contribution in [2.45, 2.75) is 63.8 Å². The molecular formula is C23H31NO4SSi. The van der Waals surface area contributed by atoms with Gasteiger partial charge in [0, 0.05) is 13.1 Å². The first-order valence-electron chi connectivity index (χ1n) is 10.5. The summed E-state index contributed by atoms with van der Waals surface area (Å²) < 4.78 is 33.1. The normalized spacial score (nSPS) is 14.6. The predicted molar refractivity (Wildman–Crippen MR) is 122 cm³/mol. The maximum Gasteiger partial charge on any atom is 0.338 e. The molecule has 0 N–H and O–H groups in total. The molecule has 0 bridgehead atoms. The molecule has 5 nitrogen and oxygen atoms in total. The van der Waals surface area contributed by atoms with Crippen LogP contribution in [0.5, 0.6) is 0 Å². The second kappa shape index (κ2) is 8.65. The number of carbonyl (C=O) groups excluding carboxylic acids is 1. The molecule has 0 aromatic heterocycles. The zero-order chi connectivity index (χ0) is 22.1. The molecule has 1 heterocycles. The van der Waals surface area contributed by atoms with Gasteiger partial charge in [-0.15, -0.1) is 0 Å². The second-order valence-corrected chi connectivity index (χ2v) is 15.2. The summed E-state index contributed by atoms with van der Waals surface area (Å²) in [5.41, 5.74) is 3.31. The molecule has 0 aliphatic carbocycles. The largest absolute Gasteiger partial charge is 0.465 e. The summed E-state index contributed by atoms with van der Waals surface area (Å²) in [6.45, 7) is 8.99. The summed E-state index contributed by atoms with van der Waals surface area (Å²) in [5, 5.41) is 1.11. The van der Waals surface area contributed by atoms with Gasteiger partial charge in [-0.25, -0.2) is 13.2 Å². The Hall–Kier alpha value is -1.96. The van der Waals surface area contributed by atoms with Crippen LogP contribution >= 0.6 is 0 Å². The third-order valence-corrected chi connectivity index (χ3v) is 14.2. The van der Waals surface area contributed by atoms with Crippen LogP contribution in [0.2, 0.25) is 18.1 Å². The minimum atomic E-state index is -3.64. The van der Waals surface area contributed by atoms with E-state index in [2.05, 4.69) is 26.8 Å². The molecule has 0 unspecified atom stereocenters. The Kier molecular flexibility index (Phi) is 6.55. The lowest BCUT2D eigenvalue weighted by Crippen LogP contribution is -2.49. The molecule has 0 amide bonds. The number of hydrogen-bond donors (Lipinski definition) is 0. The van der Waals surface area contributed by atoms with Crippen LogP contribution in [0.1, 0.15) is 47.8 Å². The SMILES string of the molecule is CC[Si](CC)(CC)c1ccc2c(c1C(=O)OC)CN(S(=O)(=O)c1ccc(C)cc1)C2. The van der Waals surface area contributed by atoms with E-state index in [1.165, 1.54) is 11.4 Å². The van der Waals surface area contributed by atoms with Crippen molar-refractivity contribution in [1.82, 2.24) is 4.31 Å². The highest BCUT2D eigenvalue weighted by Crippen LogP contribution is 2.33. The Labute approximate surface area is 181 Å². The van der Waals surface area contributed by atoms with Crippen LogP contribution in [-0.2, 0) is 27.8 Å². The van der Waals surface area contributed by atoms with Gasteiger partial charge in [0.1, 0.15) is 0 Å². The van der Waals surface area contributed by atoms with E-state index in [0.717, 1.165) is 40.0 Å². The lowest BCUT2D eigenvalue weighted by molar-refractivity contribution is 0.0600. The summed E-state index contributed by atoms with van der Waals surface area (Å²) in [5.74, 6) is -0.358. The Balaban J connectivity index is 2.10. The number of sulfonamides is 1. The molecule has 0 saturated carbocycles. The van der Waals surface area contributed by atoms with E-state index in [-0.39, 0.29) is 24.0 Å². The lowest BCUT2D eigenvalue weighted by Gasteiger charge is -2.31. The lowest BCUT2D eigenvalue weighted by atomic mass is 10.0. The van der Waals surface area contributed by atoms with Crippen LogP contribution in [0.3, 0.4) is 0 Å². The average Bonchev–Trinajstić information content (AvgIpc) is 3.20. The van der Waals surface area contributed by atoms with Gasteiger partial charge in [-0.1, -0.05) is 68.7 Å². The molecule has 1 aliphatic rings. The monoisotopic (exact) mass is 445 g/mol. The van der Waals surface area contributed by atoms with Crippen LogP contribution < -0.4 is 5.19 Å². The van der Waals surface area contributed by atoms with Gasteiger partial charge in [-0.05, 0) is 35.4 Å². The van der Waals surface area contributed by atoms with E-state index in [1.807, 2.05) is 13.0 Å². The number of hydrogen-bond acceptors (Lipinski definition) is 4. The molecule has 1 aliphatic heterocycles. The molecular weight excluding hydrogens is 414 g/mol. The predicted octanol–water partition coefficient (Wildman–Crippen LogP) is 4.20. The highest BCUT2D eigenvalue weighted by molar-refractivity contribution is 7.89. The molecule has 0 fully saturated rings. The smallest absolute Gasteiger partial charge is 0.338 e. The minimum Gasteiger partial charge on any atom is -0.465 e. The third-order valence-electron chi connectivity index (χ3n) is 6.74. The van der Waals surface area contributed by atoms with Crippen molar-refractivity contribution in [3.05, 3.63) is 58.7 Å². The van der Waals surface area contributed by atoms with Crippen molar-refractivity contribution in [2.75, 3.05) is 7.11 Å². The van der Waals surface area contributed by atoms with E-state index in [0.29, 0.717) is 5.56 Å². The first-order chi connectivity index (χ1) is 14.2. The fourth-order valence-electron chi connectivity index (χ4n) is 4.57. The number of rotatable bonds is 7. The number of nitrogens with zero attached hydrogens (tertiary/aromatic N) is 1. The van der Waals surface area contributed by atoms with E-state index in [1.54, 1.807) is 24.3 Å². The Bertz CT molecular complexity index is 1040. The van der Waals surface area contributed by atoms with Crippen molar-refractivity contribution in [3.63, 3.8) is 0 Å². The molecule has 3 rings (SSSR count). The molecule has 162 valence electrons. The number of methoxy groups -OCH3 is 1. The second-order valence-electron chi connectivity index (χ2n) is 8.04. The van der Waals surface area contributed by atoms with Gasteiger partial charge in [0.2, 0.25) is 10.0 Å². The summed E-state index contributed by atoms with van der Waals surface area (Å²) in [7, 11) is -4.11. The summed E-state index contributed by atoms with van der Waals surface area (Å²) in [6.07, 6.45) is 0. The number of fused-ring (bicyclic) bond motifs is 1. The van der Waals surface area contributed by atoms with E-state index in [4.69, 9.17) is 4.74 Å². The quantitative estimate of drug-likeness (QED) is 0.473. The third kappa shape index (κ3) is 3.74. The molecule has 0 saturated heterocycles. The number of carbonyl (C=O) groups is 1. The van der Waals surface area contributed by atoms with Crippen LogP contribution in [0.25, 0.3) is 0 Å². The van der Waals surface area contributed by atoms with E-state index in [9.17, 15) is 13.2 Å². The van der Waals surface area contributed by atoms with Crippen molar-refractivity contribution in [1.29, 1.82) is 0 Å². The number of benzene rings is 2. The van der Waals surface area contributed by atoms with E-state index >= 15 is 0 Å². The maximum absolute atomic E-state index is 13.2. The zero-order valence-electron chi connectivity index (χ0n) is 18.5. The number of aryl methyl sites for hydroxylation is 1. The van der Waals surface area contributed by atoms with Gasteiger partial charge in [0.05, 0.1) is 25.6 Å². The fourth-order valence-corrected chi connectivity index (χ4v) is 9.82. The molecule has 2 aromatic rings. The Morgan fingerprint density at radius 3 is 2.13 bits per heavy atom. The van der Waals surface area contributed by atoms with Crippen LogP contribution in [-0.4, -0.2) is 33.9 Å². The molecule has 0 spiro atoms. The average molecular weight is 446 g/mol. The van der Waals surface area contributed by atoms with E-state index < -0.39 is 18.1 Å². The molecule has 30 heavy (non-hydrogen) atoms. The van der Waals surface area contributed by atoms with Crippen LogP contribution in [0, 0.1) is 6.92 Å². The van der Waals surface area contributed by atoms with Gasteiger partial charge in [0.25, 0.3) is 0 Å². The van der Waals surface area contributed by atoms with Crippen molar-refractivity contribution >= 4 is 29.3 Å². The molecule has 0 atom stereocenters.